The predicted molar refractivity (Wildman–Crippen MR) is 82.4 cm³/mol. The zero-order valence-electron chi connectivity index (χ0n) is 11.1. The Morgan fingerprint density at radius 2 is 1.90 bits per heavy atom. The lowest BCUT2D eigenvalue weighted by Gasteiger charge is -2.18. The van der Waals surface area contributed by atoms with Gasteiger partial charge in [-0.15, -0.1) is 0 Å². The Morgan fingerprint density at radius 1 is 1.24 bits per heavy atom. The van der Waals surface area contributed by atoms with Crippen LogP contribution in [-0.2, 0) is 0 Å². The molecule has 2 rings (SSSR count). The lowest BCUT2D eigenvalue weighted by Crippen LogP contribution is -2.05. The maximum Gasteiger partial charge on any atom is 0.312 e. The SMILES string of the molecule is O=[N+]([O-])c1cc(Br)cc(C(CCO)c2ccccc2)c1O. The molecule has 2 aromatic carbocycles. The minimum absolute atomic E-state index is 0.0840. The zero-order chi connectivity index (χ0) is 15.4. The number of phenols is 1. The summed E-state index contributed by atoms with van der Waals surface area (Å²) in [7, 11) is 0. The highest BCUT2D eigenvalue weighted by Crippen LogP contribution is 2.41. The number of nitrogens with zero attached hydrogens (tertiary/aromatic N) is 1. The topological polar surface area (TPSA) is 83.6 Å². The first-order chi connectivity index (χ1) is 10.0. The average Bonchev–Trinajstić information content (AvgIpc) is 2.47. The second-order valence-electron chi connectivity index (χ2n) is 4.60. The van der Waals surface area contributed by atoms with E-state index in [-0.39, 0.29) is 24.0 Å². The summed E-state index contributed by atoms with van der Waals surface area (Å²) < 4.78 is 0.515. The largest absolute Gasteiger partial charge is 0.502 e. The lowest BCUT2D eigenvalue weighted by atomic mass is 9.88. The number of aliphatic hydroxyl groups is 1. The van der Waals surface area contributed by atoms with Gasteiger partial charge in [0, 0.05) is 28.6 Å². The van der Waals surface area contributed by atoms with Crippen molar-refractivity contribution in [2.75, 3.05) is 6.61 Å². The lowest BCUT2D eigenvalue weighted by molar-refractivity contribution is -0.386. The van der Waals surface area contributed by atoms with Crippen LogP contribution in [0.4, 0.5) is 5.69 Å². The van der Waals surface area contributed by atoms with Crippen LogP contribution in [0.1, 0.15) is 23.5 Å². The molecule has 2 N–H and O–H groups in total. The van der Waals surface area contributed by atoms with Gasteiger partial charge in [-0.2, -0.15) is 0 Å². The van der Waals surface area contributed by atoms with Gasteiger partial charge >= 0.3 is 5.69 Å². The van der Waals surface area contributed by atoms with Gasteiger partial charge in [0.15, 0.2) is 5.75 Å². The summed E-state index contributed by atoms with van der Waals surface area (Å²) in [5.74, 6) is -0.669. The van der Waals surface area contributed by atoms with Gasteiger partial charge in [0.1, 0.15) is 0 Å². The zero-order valence-corrected chi connectivity index (χ0v) is 12.7. The van der Waals surface area contributed by atoms with E-state index in [0.29, 0.717) is 16.5 Å². The van der Waals surface area contributed by atoms with E-state index in [1.54, 1.807) is 6.07 Å². The molecule has 0 saturated carbocycles. The van der Waals surface area contributed by atoms with Crippen LogP contribution in [-0.4, -0.2) is 21.7 Å². The Hall–Kier alpha value is -1.92. The van der Waals surface area contributed by atoms with E-state index in [4.69, 9.17) is 0 Å². The molecule has 6 heteroatoms. The molecule has 1 atom stereocenters. The fourth-order valence-electron chi connectivity index (χ4n) is 2.33. The molecule has 0 aliphatic rings. The van der Waals surface area contributed by atoms with Crippen molar-refractivity contribution in [3.05, 3.63) is 68.2 Å². The first-order valence-corrected chi connectivity index (χ1v) is 7.16. The van der Waals surface area contributed by atoms with Gasteiger partial charge < -0.3 is 10.2 Å². The molecule has 2 aromatic rings. The third kappa shape index (κ3) is 3.40. The summed E-state index contributed by atoms with van der Waals surface area (Å²) in [4.78, 5) is 10.4. The van der Waals surface area contributed by atoms with E-state index in [9.17, 15) is 20.3 Å². The average molecular weight is 352 g/mol. The minimum Gasteiger partial charge on any atom is -0.502 e. The van der Waals surface area contributed by atoms with Gasteiger partial charge in [0.2, 0.25) is 0 Å². The quantitative estimate of drug-likeness (QED) is 0.636. The molecule has 0 fully saturated rings. The second-order valence-corrected chi connectivity index (χ2v) is 5.51. The van der Waals surface area contributed by atoms with Crippen molar-refractivity contribution in [3.8, 4) is 5.75 Å². The molecule has 110 valence electrons. The molecular formula is C15H14BrNO4. The molecule has 0 bridgehead atoms. The Kier molecular flexibility index (Phi) is 4.93. The molecule has 5 nitrogen and oxygen atoms in total. The Bertz CT molecular complexity index is 646. The number of aromatic hydroxyl groups is 1. The molecule has 0 spiro atoms. The van der Waals surface area contributed by atoms with Crippen molar-refractivity contribution in [2.24, 2.45) is 0 Å². The van der Waals surface area contributed by atoms with Gasteiger partial charge in [-0.05, 0) is 18.1 Å². The number of nitro groups is 1. The summed E-state index contributed by atoms with van der Waals surface area (Å²) >= 11 is 3.23. The Morgan fingerprint density at radius 3 is 2.48 bits per heavy atom. The number of hydrogen-bond acceptors (Lipinski definition) is 4. The molecule has 0 radical (unpaired) electrons. The van der Waals surface area contributed by atoms with Crippen LogP contribution in [0, 0.1) is 10.1 Å². The maximum absolute atomic E-state index is 11.0. The third-order valence-electron chi connectivity index (χ3n) is 3.28. The summed E-state index contributed by atoms with van der Waals surface area (Å²) in [6, 6.07) is 12.2. The van der Waals surface area contributed by atoms with Crippen LogP contribution in [0.15, 0.2) is 46.9 Å². The van der Waals surface area contributed by atoms with Gasteiger partial charge in [-0.1, -0.05) is 46.3 Å². The Balaban J connectivity index is 2.58. The van der Waals surface area contributed by atoms with E-state index in [1.165, 1.54) is 6.07 Å². The summed E-state index contributed by atoms with van der Waals surface area (Å²) in [6.07, 6.45) is 0.366. The number of benzene rings is 2. The molecule has 0 aliphatic heterocycles. The van der Waals surface area contributed by atoms with E-state index >= 15 is 0 Å². The number of phenolic OH excluding ortho intramolecular Hbond substituents is 1. The first-order valence-electron chi connectivity index (χ1n) is 6.37. The highest BCUT2D eigenvalue weighted by Gasteiger charge is 2.24. The fraction of sp³-hybridized carbons (Fsp3) is 0.200. The van der Waals surface area contributed by atoms with Gasteiger partial charge in [0.05, 0.1) is 4.92 Å². The number of nitro benzene ring substituents is 1. The number of aliphatic hydroxyl groups excluding tert-OH is 1. The molecule has 0 aliphatic carbocycles. The number of halogens is 1. The van der Waals surface area contributed by atoms with Gasteiger partial charge in [-0.3, -0.25) is 10.1 Å². The fourth-order valence-corrected chi connectivity index (χ4v) is 2.79. The van der Waals surface area contributed by atoms with Crippen molar-refractivity contribution >= 4 is 21.6 Å². The maximum atomic E-state index is 11.0. The van der Waals surface area contributed by atoms with Gasteiger partial charge in [-0.25, -0.2) is 0 Å². The van der Waals surface area contributed by atoms with Gasteiger partial charge in [0.25, 0.3) is 0 Å². The van der Waals surface area contributed by atoms with E-state index < -0.39 is 4.92 Å². The van der Waals surface area contributed by atoms with Crippen LogP contribution >= 0.6 is 15.9 Å². The van der Waals surface area contributed by atoms with Crippen LogP contribution in [0.3, 0.4) is 0 Å². The van der Waals surface area contributed by atoms with E-state index in [2.05, 4.69) is 15.9 Å². The minimum atomic E-state index is -0.620. The van der Waals surface area contributed by atoms with E-state index in [0.717, 1.165) is 5.56 Å². The van der Waals surface area contributed by atoms with Crippen LogP contribution in [0.2, 0.25) is 0 Å². The normalized spacial score (nSPS) is 12.1. The van der Waals surface area contributed by atoms with Crippen molar-refractivity contribution < 1.29 is 15.1 Å². The van der Waals surface area contributed by atoms with E-state index in [1.807, 2.05) is 30.3 Å². The van der Waals surface area contributed by atoms with Crippen LogP contribution in [0.5, 0.6) is 5.75 Å². The highest BCUT2D eigenvalue weighted by molar-refractivity contribution is 9.10. The van der Waals surface area contributed by atoms with Crippen molar-refractivity contribution in [1.82, 2.24) is 0 Å². The van der Waals surface area contributed by atoms with Crippen molar-refractivity contribution in [2.45, 2.75) is 12.3 Å². The predicted octanol–water partition coefficient (Wildman–Crippen LogP) is 3.58. The molecule has 0 amide bonds. The smallest absolute Gasteiger partial charge is 0.312 e. The Labute approximate surface area is 130 Å². The third-order valence-corrected chi connectivity index (χ3v) is 3.73. The number of rotatable bonds is 5. The molecule has 0 aromatic heterocycles. The highest BCUT2D eigenvalue weighted by atomic mass is 79.9. The summed E-state index contributed by atoms with van der Waals surface area (Å²) in [5, 5.41) is 30.5. The summed E-state index contributed by atoms with van der Waals surface area (Å²) in [5.41, 5.74) is 0.962. The molecule has 0 heterocycles. The second kappa shape index (κ2) is 6.69. The van der Waals surface area contributed by atoms with Crippen LogP contribution in [0.25, 0.3) is 0 Å². The van der Waals surface area contributed by atoms with Crippen molar-refractivity contribution in [3.63, 3.8) is 0 Å². The molecule has 1 unspecified atom stereocenters. The molecule has 0 saturated heterocycles. The molecule has 21 heavy (non-hydrogen) atoms. The monoisotopic (exact) mass is 351 g/mol. The standard InChI is InChI=1S/C15H14BrNO4/c16-11-8-13(15(19)14(9-11)17(20)21)12(6-7-18)10-4-2-1-3-5-10/h1-5,8-9,12,18-19H,6-7H2. The number of hydrogen-bond donors (Lipinski definition) is 2. The van der Waals surface area contributed by atoms with Crippen molar-refractivity contribution in [1.29, 1.82) is 0 Å². The first kappa shape index (κ1) is 15.5. The molecular weight excluding hydrogens is 338 g/mol. The van der Waals surface area contributed by atoms with Crippen LogP contribution < -0.4 is 0 Å². The summed E-state index contributed by atoms with van der Waals surface area (Å²) in [6.45, 7) is -0.0840.